The first kappa shape index (κ1) is 17.7. The highest BCUT2D eigenvalue weighted by Gasteiger charge is 2.32. The summed E-state index contributed by atoms with van der Waals surface area (Å²) in [5.74, 6) is 0.801. The Kier molecular flexibility index (Phi) is 4.39. The molecule has 3 aromatic rings. The summed E-state index contributed by atoms with van der Waals surface area (Å²) in [6, 6.07) is 22.2. The number of hydrogen-bond donors (Lipinski definition) is 0. The zero-order chi connectivity index (χ0) is 19.8. The molecule has 2 heterocycles. The van der Waals surface area contributed by atoms with Gasteiger partial charge in [-0.15, -0.1) is 0 Å². The normalized spacial score (nSPS) is 17.2. The molecule has 2 aliphatic heterocycles. The van der Waals surface area contributed by atoms with Crippen LogP contribution in [-0.4, -0.2) is 23.1 Å². The van der Waals surface area contributed by atoms with Gasteiger partial charge in [-0.1, -0.05) is 54.6 Å². The molecule has 29 heavy (non-hydrogen) atoms. The molecule has 0 unspecified atom stereocenters. The summed E-state index contributed by atoms with van der Waals surface area (Å²) in [6.07, 6.45) is 2.71. The smallest absolute Gasteiger partial charge is 0.256 e. The maximum absolute atomic E-state index is 13.3. The Hall–Kier alpha value is -3.40. The van der Waals surface area contributed by atoms with Crippen LogP contribution in [0.4, 0.5) is 5.69 Å². The largest absolute Gasteiger partial charge is 0.489 e. The molecule has 4 heteroatoms. The fourth-order valence-electron chi connectivity index (χ4n) is 4.07. The van der Waals surface area contributed by atoms with Gasteiger partial charge in [-0.3, -0.25) is 9.79 Å². The summed E-state index contributed by atoms with van der Waals surface area (Å²) in [7, 11) is 0. The lowest BCUT2D eigenvalue weighted by Gasteiger charge is -2.34. The van der Waals surface area contributed by atoms with Gasteiger partial charge in [-0.2, -0.15) is 0 Å². The number of rotatable bonds is 3. The number of carbonyl (C=O) groups is 1. The third kappa shape index (κ3) is 3.31. The van der Waals surface area contributed by atoms with Crippen molar-refractivity contribution in [1.82, 2.24) is 4.90 Å². The standard InChI is InChI=1S/C25H22N2O2/c1-17-11-22-23(13-24(17)29-16-18-7-3-2-4-8-18)26-14-21-12-19-9-5-6-10-20(19)15-27(21)25(22)28/h2-11,13-14,21H,12,15-16H2,1H3/t21-/m0/s1. The summed E-state index contributed by atoms with van der Waals surface area (Å²) in [5, 5.41) is 0. The van der Waals surface area contributed by atoms with E-state index >= 15 is 0 Å². The fraction of sp³-hybridized carbons (Fsp3) is 0.200. The highest BCUT2D eigenvalue weighted by atomic mass is 16.5. The molecule has 3 aromatic carbocycles. The van der Waals surface area contributed by atoms with Crippen LogP contribution >= 0.6 is 0 Å². The highest BCUT2D eigenvalue weighted by molar-refractivity contribution is 6.03. The summed E-state index contributed by atoms with van der Waals surface area (Å²) >= 11 is 0. The molecule has 0 aliphatic carbocycles. The zero-order valence-corrected chi connectivity index (χ0v) is 16.3. The van der Waals surface area contributed by atoms with Crippen LogP contribution in [0.3, 0.4) is 0 Å². The molecule has 0 saturated heterocycles. The molecule has 0 bridgehead atoms. The minimum Gasteiger partial charge on any atom is -0.489 e. The van der Waals surface area contributed by atoms with Gasteiger partial charge in [0, 0.05) is 18.8 Å². The van der Waals surface area contributed by atoms with Crippen molar-refractivity contribution in [2.45, 2.75) is 32.5 Å². The van der Waals surface area contributed by atoms with Crippen molar-refractivity contribution >= 4 is 17.8 Å². The van der Waals surface area contributed by atoms with Gasteiger partial charge in [0.15, 0.2) is 0 Å². The van der Waals surface area contributed by atoms with Crippen molar-refractivity contribution in [2.75, 3.05) is 0 Å². The Morgan fingerprint density at radius 1 is 1.03 bits per heavy atom. The first-order valence-corrected chi connectivity index (χ1v) is 9.92. The predicted molar refractivity (Wildman–Crippen MR) is 114 cm³/mol. The summed E-state index contributed by atoms with van der Waals surface area (Å²) in [6.45, 7) is 3.09. The topological polar surface area (TPSA) is 41.9 Å². The molecule has 0 aromatic heterocycles. The fourth-order valence-corrected chi connectivity index (χ4v) is 4.07. The second-order valence-corrected chi connectivity index (χ2v) is 7.66. The van der Waals surface area contributed by atoms with Crippen molar-refractivity contribution in [3.05, 3.63) is 94.5 Å². The number of aryl methyl sites for hydroxylation is 1. The second-order valence-electron chi connectivity index (χ2n) is 7.66. The Balaban J connectivity index is 1.45. The van der Waals surface area contributed by atoms with Crippen LogP contribution in [0, 0.1) is 6.92 Å². The second kappa shape index (κ2) is 7.21. The number of carbonyl (C=O) groups excluding carboxylic acids is 1. The molecule has 0 fully saturated rings. The van der Waals surface area contributed by atoms with E-state index in [1.807, 2.05) is 66.6 Å². The Bertz CT molecular complexity index is 1110. The van der Waals surface area contributed by atoms with Crippen LogP contribution in [0.15, 0.2) is 71.7 Å². The number of benzene rings is 3. The van der Waals surface area contributed by atoms with E-state index < -0.39 is 0 Å². The minimum atomic E-state index is -0.0150. The number of fused-ring (bicyclic) bond motifs is 3. The third-order valence-corrected chi connectivity index (χ3v) is 5.70. The lowest BCUT2D eigenvalue weighted by Crippen LogP contribution is -2.44. The van der Waals surface area contributed by atoms with Crippen LogP contribution in [0.25, 0.3) is 0 Å². The van der Waals surface area contributed by atoms with Gasteiger partial charge in [0.05, 0.1) is 17.3 Å². The Labute approximate surface area is 170 Å². The van der Waals surface area contributed by atoms with Gasteiger partial charge in [-0.05, 0) is 41.7 Å². The molecule has 1 amide bonds. The maximum atomic E-state index is 13.3. The average molecular weight is 382 g/mol. The lowest BCUT2D eigenvalue weighted by molar-refractivity contribution is 0.0703. The van der Waals surface area contributed by atoms with Gasteiger partial charge in [0.25, 0.3) is 5.91 Å². The minimum absolute atomic E-state index is 0.0150. The Morgan fingerprint density at radius 3 is 2.62 bits per heavy atom. The molecular formula is C25H22N2O2. The van der Waals surface area contributed by atoms with E-state index in [9.17, 15) is 4.79 Å². The van der Waals surface area contributed by atoms with Crippen molar-refractivity contribution in [1.29, 1.82) is 0 Å². The molecule has 144 valence electrons. The van der Waals surface area contributed by atoms with Gasteiger partial charge in [0.2, 0.25) is 0 Å². The molecule has 0 radical (unpaired) electrons. The van der Waals surface area contributed by atoms with E-state index in [0.717, 1.165) is 23.3 Å². The van der Waals surface area contributed by atoms with Crippen LogP contribution in [-0.2, 0) is 19.6 Å². The lowest BCUT2D eigenvalue weighted by atomic mass is 9.94. The van der Waals surface area contributed by atoms with Crippen molar-refractivity contribution < 1.29 is 9.53 Å². The predicted octanol–water partition coefficient (Wildman–Crippen LogP) is 4.86. The number of nitrogens with zero attached hydrogens (tertiary/aromatic N) is 2. The average Bonchev–Trinajstić information content (AvgIpc) is 2.88. The van der Waals surface area contributed by atoms with Crippen LogP contribution in [0.5, 0.6) is 5.75 Å². The first-order chi connectivity index (χ1) is 14.2. The van der Waals surface area contributed by atoms with E-state index in [0.29, 0.717) is 24.4 Å². The monoisotopic (exact) mass is 382 g/mol. The van der Waals surface area contributed by atoms with Crippen molar-refractivity contribution in [2.24, 2.45) is 4.99 Å². The van der Waals surface area contributed by atoms with Gasteiger partial charge < -0.3 is 9.64 Å². The molecular weight excluding hydrogens is 360 g/mol. The van der Waals surface area contributed by atoms with Crippen molar-refractivity contribution in [3.8, 4) is 5.75 Å². The van der Waals surface area contributed by atoms with Gasteiger partial charge in [-0.25, -0.2) is 0 Å². The SMILES string of the molecule is Cc1cc2c(cc1OCc1ccccc1)N=C[C@@H]1Cc3ccccc3CN1C2=O. The molecule has 1 atom stereocenters. The number of hydrogen-bond acceptors (Lipinski definition) is 3. The number of aliphatic imine (C=N–C) groups is 1. The maximum Gasteiger partial charge on any atom is 0.256 e. The first-order valence-electron chi connectivity index (χ1n) is 9.92. The summed E-state index contributed by atoms with van der Waals surface area (Å²) < 4.78 is 6.04. The molecule has 5 rings (SSSR count). The molecule has 0 spiro atoms. The number of ether oxygens (including phenoxy) is 1. The molecule has 0 N–H and O–H groups in total. The van der Waals surface area contributed by atoms with Gasteiger partial charge >= 0.3 is 0 Å². The van der Waals surface area contributed by atoms with Crippen LogP contribution < -0.4 is 4.74 Å². The molecule has 0 saturated carbocycles. The zero-order valence-electron chi connectivity index (χ0n) is 16.3. The van der Waals surface area contributed by atoms with E-state index in [-0.39, 0.29) is 11.9 Å². The van der Waals surface area contributed by atoms with E-state index in [1.54, 1.807) is 0 Å². The van der Waals surface area contributed by atoms with E-state index in [2.05, 4.69) is 23.2 Å². The van der Waals surface area contributed by atoms with Crippen LogP contribution in [0.1, 0.15) is 32.6 Å². The quantitative estimate of drug-likeness (QED) is 0.649. The Morgan fingerprint density at radius 2 is 1.79 bits per heavy atom. The van der Waals surface area contributed by atoms with E-state index in [4.69, 9.17) is 4.74 Å². The van der Waals surface area contributed by atoms with Crippen LogP contribution in [0.2, 0.25) is 0 Å². The summed E-state index contributed by atoms with van der Waals surface area (Å²) in [4.78, 5) is 19.9. The van der Waals surface area contributed by atoms with Gasteiger partial charge in [0.1, 0.15) is 12.4 Å². The third-order valence-electron chi connectivity index (χ3n) is 5.70. The van der Waals surface area contributed by atoms with E-state index in [1.165, 1.54) is 11.1 Å². The summed E-state index contributed by atoms with van der Waals surface area (Å²) in [5.41, 5.74) is 5.89. The molecule has 4 nitrogen and oxygen atoms in total. The molecule has 2 aliphatic rings. The van der Waals surface area contributed by atoms with Crippen molar-refractivity contribution in [3.63, 3.8) is 0 Å². The number of amides is 1. The highest BCUT2D eigenvalue weighted by Crippen LogP contribution is 2.34.